The van der Waals surface area contributed by atoms with Gasteiger partial charge in [-0.05, 0) is 38.3 Å². The Hall–Kier alpha value is -1.32. The predicted molar refractivity (Wildman–Crippen MR) is 77.9 cm³/mol. The number of rotatable bonds is 6. The van der Waals surface area contributed by atoms with Crippen LogP contribution in [0.2, 0.25) is 0 Å². The summed E-state index contributed by atoms with van der Waals surface area (Å²) in [6, 6.07) is 8.81. The van der Waals surface area contributed by atoms with Gasteiger partial charge in [-0.15, -0.1) is 0 Å². The van der Waals surface area contributed by atoms with Gasteiger partial charge in [0.15, 0.2) is 0 Å². The molecule has 0 unspecified atom stereocenters. The highest BCUT2D eigenvalue weighted by Gasteiger charge is 2.05. The molecule has 0 aliphatic carbocycles. The van der Waals surface area contributed by atoms with Crippen LogP contribution in [0.5, 0.6) is 0 Å². The molecule has 0 saturated heterocycles. The number of nitrogens with one attached hydrogen (secondary N) is 1. The topological polar surface area (TPSA) is 20.2 Å². The Labute approximate surface area is 109 Å². The zero-order valence-electron chi connectivity index (χ0n) is 11.6. The van der Waals surface area contributed by atoms with Crippen molar-refractivity contribution in [2.75, 3.05) is 27.2 Å². The van der Waals surface area contributed by atoms with Gasteiger partial charge in [-0.25, -0.2) is 0 Å². The molecule has 0 radical (unpaired) electrons. The van der Waals surface area contributed by atoms with Crippen LogP contribution in [0, 0.1) is 0 Å². The second-order valence-corrected chi connectivity index (χ2v) is 4.94. The van der Waals surface area contributed by atoms with Crippen LogP contribution in [0.15, 0.2) is 30.5 Å². The highest BCUT2D eigenvalue weighted by Crippen LogP contribution is 2.20. The van der Waals surface area contributed by atoms with E-state index in [0.29, 0.717) is 0 Å². The molecule has 3 nitrogen and oxygen atoms in total. The van der Waals surface area contributed by atoms with Crippen molar-refractivity contribution < 1.29 is 0 Å². The molecular weight excluding hydrogens is 222 g/mol. The lowest BCUT2D eigenvalue weighted by Gasteiger charge is -2.11. The van der Waals surface area contributed by atoms with Crippen LogP contribution in [-0.2, 0) is 13.1 Å². The van der Waals surface area contributed by atoms with Crippen molar-refractivity contribution in [2.24, 2.45) is 0 Å². The first-order valence-electron chi connectivity index (χ1n) is 6.64. The van der Waals surface area contributed by atoms with E-state index in [2.05, 4.69) is 66.3 Å². The lowest BCUT2D eigenvalue weighted by atomic mass is 10.1. The third kappa shape index (κ3) is 2.92. The maximum Gasteiger partial charge on any atom is 0.0483 e. The van der Waals surface area contributed by atoms with E-state index in [-0.39, 0.29) is 0 Å². The smallest absolute Gasteiger partial charge is 0.0483 e. The van der Waals surface area contributed by atoms with Crippen LogP contribution in [0.1, 0.15) is 12.5 Å². The molecule has 1 aromatic heterocycles. The van der Waals surface area contributed by atoms with E-state index < -0.39 is 0 Å². The molecule has 1 N–H and O–H groups in total. The molecule has 0 amide bonds. The van der Waals surface area contributed by atoms with Crippen LogP contribution in [0.3, 0.4) is 0 Å². The minimum absolute atomic E-state index is 0.950. The molecule has 2 aromatic rings. The van der Waals surface area contributed by atoms with Gasteiger partial charge in [-0.1, -0.05) is 19.1 Å². The van der Waals surface area contributed by atoms with Gasteiger partial charge in [0, 0.05) is 36.7 Å². The van der Waals surface area contributed by atoms with Gasteiger partial charge >= 0.3 is 0 Å². The SMILES string of the molecule is CCNCc1cccc2c1ccn2CCN(C)C. The molecule has 0 fully saturated rings. The fourth-order valence-corrected chi connectivity index (χ4v) is 2.20. The molecule has 3 heteroatoms. The quantitative estimate of drug-likeness (QED) is 0.843. The molecule has 0 saturated carbocycles. The van der Waals surface area contributed by atoms with E-state index in [1.807, 2.05) is 0 Å². The number of benzene rings is 1. The zero-order chi connectivity index (χ0) is 13.0. The van der Waals surface area contributed by atoms with E-state index in [1.165, 1.54) is 16.5 Å². The summed E-state index contributed by atoms with van der Waals surface area (Å²) in [5, 5.41) is 4.77. The van der Waals surface area contributed by atoms with Gasteiger partial charge in [0.2, 0.25) is 0 Å². The Morgan fingerprint density at radius 2 is 2.06 bits per heavy atom. The van der Waals surface area contributed by atoms with Gasteiger partial charge in [0.05, 0.1) is 0 Å². The average Bonchev–Trinajstić information content (AvgIpc) is 2.77. The van der Waals surface area contributed by atoms with E-state index in [9.17, 15) is 0 Å². The number of fused-ring (bicyclic) bond motifs is 1. The normalized spacial score (nSPS) is 11.6. The van der Waals surface area contributed by atoms with Crippen molar-refractivity contribution in [1.29, 1.82) is 0 Å². The first-order chi connectivity index (χ1) is 8.72. The number of hydrogen-bond acceptors (Lipinski definition) is 2. The van der Waals surface area contributed by atoms with E-state index in [1.54, 1.807) is 0 Å². The summed E-state index contributed by atoms with van der Waals surface area (Å²) in [6.45, 7) is 6.22. The van der Waals surface area contributed by atoms with Crippen LogP contribution in [0.4, 0.5) is 0 Å². The molecule has 18 heavy (non-hydrogen) atoms. The van der Waals surface area contributed by atoms with Crippen molar-refractivity contribution in [2.45, 2.75) is 20.0 Å². The summed E-state index contributed by atoms with van der Waals surface area (Å²) in [6.07, 6.45) is 2.20. The summed E-state index contributed by atoms with van der Waals surface area (Å²) in [5.41, 5.74) is 2.73. The van der Waals surface area contributed by atoms with Crippen LogP contribution < -0.4 is 5.32 Å². The molecule has 2 rings (SSSR count). The Morgan fingerprint density at radius 1 is 1.22 bits per heavy atom. The van der Waals surface area contributed by atoms with Crippen LogP contribution >= 0.6 is 0 Å². The fraction of sp³-hybridized carbons (Fsp3) is 0.467. The van der Waals surface area contributed by atoms with E-state index >= 15 is 0 Å². The Morgan fingerprint density at radius 3 is 2.78 bits per heavy atom. The molecular formula is C15H23N3. The number of hydrogen-bond donors (Lipinski definition) is 1. The first-order valence-corrected chi connectivity index (χ1v) is 6.64. The Bertz CT molecular complexity index is 499. The predicted octanol–water partition coefficient (Wildman–Crippen LogP) is 2.31. The monoisotopic (exact) mass is 245 g/mol. The highest BCUT2D eigenvalue weighted by atomic mass is 15.1. The summed E-state index contributed by atoms with van der Waals surface area (Å²) < 4.78 is 2.34. The molecule has 98 valence electrons. The van der Waals surface area contributed by atoms with Crippen molar-refractivity contribution in [3.8, 4) is 0 Å². The van der Waals surface area contributed by atoms with Crippen LogP contribution in [0.25, 0.3) is 10.9 Å². The molecule has 0 spiro atoms. The molecule has 0 aliphatic rings. The van der Waals surface area contributed by atoms with Gasteiger partial charge < -0.3 is 14.8 Å². The third-order valence-corrected chi connectivity index (χ3v) is 3.26. The molecule has 0 aliphatic heterocycles. The minimum atomic E-state index is 0.950. The number of likely N-dealkylation sites (N-methyl/N-ethyl adjacent to an activating group) is 1. The van der Waals surface area contributed by atoms with Crippen molar-refractivity contribution in [3.63, 3.8) is 0 Å². The second kappa shape index (κ2) is 6.03. The van der Waals surface area contributed by atoms with Gasteiger partial charge in [-0.2, -0.15) is 0 Å². The van der Waals surface area contributed by atoms with E-state index in [0.717, 1.165) is 26.2 Å². The lowest BCUT2D eigenvalue weighted by molar-refractivity contribution is 0.387. The molecule has 0 atom stereocenters. The molecule has 1 heterocycles. The average molecular weight is 245 g/mol. The zero-order valence-corrected chi connectivity index (χ0v) is 11.6. The second-order valence-electron chi connectivity index (χ2n) is 4.94. The maximum absolute atomic E-state index is 3.40. The van der Waals surface area contributed by atoms with Gasteiger partial charge in [0.1, 0.15) is 0 Å². The highest BCUT2D eigenvalue weighted by molar-refractivity contribution is 5.83. The molecule has 1 aromatic carbocycles. The third-order valence-electron chi connectivity index (χ3n) is 3.26. The minimum Gasteiger partial charge on any atom is -0.346 e. The van der Waals surface area contributed by atoms with Crippen molar-refractivity contribution in [1.82, 2.24) is 14.8 Å². The number of nitrogens with zero attached hydrogens (tertiary/aromatic N) is 2. The van der Waals surface area contributed by atoms with Gasteiger partial charge in [-0.3, -0.25) is 0 Å². The Kier molecular flexibility index (Phi) is 4.39. The largest absolute Gasteiger partial charge is 0.346 e. The summed E-state index contributed by atoms with van der Waals surface area (Å²) in [7, 11) is 4.23. The van der Waals surface area contributed by atoms with E-state index in [4.69, 9.17) is 0 Å². The molecule has 0 bridgehead atoms. The van der Waals surface area contributed by atoms with Crippen LogP contribution in [-0.4, -0.2) is 36.7 Å². The number of aromatic nitrogens is 1. The van der Waals surface area contributed by atoms with Gasteiger partial charge in [0.25, 0.3) is 0 Å². The fourth-order valence-electron chi connectivity index (χ4n) is 2.20. The van der Waals surface area contributed by atoms with Crippen molar-refractivity contribution in [3.05, 3.63) is 36.0 Å². The van der Waals surface area contributed by atoms with Crippen molar-refractivity contribution >= 4 is 10.9 Å². The summed E-state index contributed by atoms with van der Waals surface area (Å²) in [4.78, 5) is 2.22. The maximum atomic E-state index is 3.40. The first kappa shape index (κ1) is 13.1. The summed E-state index contributed by atoms with van der Waals surface area (Å²) in [5.74, 6) is 0. The standard InChI is InChI=1S/C15H23N3/c1-4-16-12-13-6-5-7-15-14(13)8-9-18(15)11-10-17(2)3/h5-9,16H,4,10-12H2,1-3H3. The Balaban J connectivity index is 2.24. The lowest BCUT2D eigenvalue weighted by Crippen LogP contribution is -2.18. The summed E-state index contributed by atoms with van der Waals surface area (Å²) >= 11 is 0.